The van der Waals surface area contributed by atoms with E-state index >= 15 is 0 Å². The Bertz CT molecular complexity index is 912. The summed E-state index contributed by atoms with van der Waals surface area (Å²) in [6.45, 7) is 4.64. The molecule has 1 N–H and O–H groups in total. The highest BCUT2D eigenvalue weighted by Gasteiger charge is 2.54. The maximum atomic E-state index is 12.1. The van der Waals surface area contributed by atoms with E-state index in [1.54, 1.807) is 0 Å². The second-order valence-electron chi connectivity index (χ2n) is 11.0. The number of fused-ring (bicyclic) bond motifs is 3. The van der Waals surface area contributed by atoms with E-state index in [2.05, 4.69) is 28.1 Å². The minimum atomic E-state index is -0.908. The molecule has 1 saturated carbocycles. The van der Waals surface area contributed by atoms with Gasteiger partial charge in [-0.05, 0) is 52.4 Å². The van der Waals surface area contributed by atoms with Gasteiger partial charge < -0.3 is 19.1 Å². The molecule has 190 valence electrons. The van der Waals surface area contributed by atoms with Gasteiger partial charge >= 0.3 is 0 Å². The lowest BCUT2D eigenvalue weighted by atomic mass is 9.73. The minimum absolute atomic E-state index is 0.145. The van der Waals surface area contributed by atoms with Crippen LogP contribution in [-0.4, -0.2) is 53.5 Å². The summed E-state index contributed by atoms with van der Waals surface area (Å²) in [4.78, 5) is 0.276. The van der Waals surface area contributed by atoms with Crippen molar-refractivity contribution in [3.05, 3.63) is 66.2 Å². The first kappa shape index (κ1) is 25.3. The van der Waals surface area contributed by atoms with Gasteiger partial charge in [0.05, 0.1) is 32.8 Å². The van der Waals surface area contributed by atoms with Crippen molar-refractivity contribution in [2.24, 2.45) is 11.8 Å². The summed E-state index contributed by atoms with van der Waals surface area (Å²) < 4.78 is 13.8. The van der Waals surface area contributed by atoms with Crippen LogP contribution in [0.5, 0.6) is 5.75 Å². The van der Waals surface area contributed by atoms with Crippen LogP contribution < -0.4 is 4.74 Å². The van der Waals surface area contributed by atoms with Crippen molar-refractivity contribution < 1.29 is 19.1 Å². The van der Waals surface area contributed by atoms with E-state index in [1.807, 2.05) is 48.5 Å². The molecule has 3 heterocycles. The molecule has 3 atom stereocenters. The quantitative estimate of drug-likeness (QED) is 0.166. The number of piperidine rings is 3. The molecule has 5 heteroatoms. The van der Waals surface area contributed by atoms with Crippen molar-refractivity contribution in [2.75, 3.05) is 32.8 Å². The zero-order chi connectivity index (χ0) is 24.1. The van der Waals surface area contributed by atoms with Crippen LogP contribution in [0.3, 0.4) is 0 Å². The van der Waals surface area contributed by atoms with Gasteiger partial charge in [0.25, 0.3) is 0 Å². The molecule has 0 amide bonds. The molecule has 0 radical (unpaired) electrons. The summed E-state index contributed by atoms with van der Waals surface area (Å²) in [7, 11) is 0. The van der Waals surface area contributed by atoms with E-state index in [9.17, 15) is 5.11 Å². The fourth-order valence-electron chi connectivity index (χ4n) is 6.83. The molecule has 2 aromatic carbocycles. The normalized spacial score (nSPS) is 30.6. The molecule has 6 rings (SSSR count). The number of para-hydroxylation sites is 1. The molecule has 2 bridgehead atoms. The Hall–Kier alpha value is -1.40. The highest BCUT2D eigenvalue weighted by atomic mass is 79.9. The topological polar surface area (TPSA) is 38.7 Å². The Labute approximate surface area is 219 Å². The van der Waals surface area contributed by atoms with Gasteiger partial charge in [-0.1, -0.05) is 67.8 Å². The van der Waals surface area contributed by atoms with E-state index in [1.165, 1.54) is 45.2 Å². The minimum Gasteiger partial charge on any atom is -0.493 e. The lowest BCUT2D eigenvalue weighted by Gasteiger charge is -2.56. The average Bonchev–Trinajstić information content (AvgIpc) is 2.93. The van der Waals surface area contributed by atoms with Crippen molar-refractivity contribution in [1.29, 1.82) is 0 Å². The van der Waals surface area contributed by atoms with Crippen molar-refractivity contribution >= 4 is 15.9 Å². The van der Waals surface area contributed by atoms with Crippen LogP contribution >= 0.6 is 15.9 Å². The molecule has 35 heavy (non-hydrogen) atoms. The Kier molecular flexibility index (Phi) is 8.18. The smallest absolute Gasteiger partial charge is 0.171 e. The number of hydrogen-bond donors (Lipinski definition) is 1. The molecule has 4 nitrogen and oxygen atoms in total. The number of alkyl halides is 1. The summed E-state index contributed by atoms with van der Waals surface area (Å²) in [6, 6.07) is 20.4. The Morgan fingerprint density at radius 1 is 0.886 bits per heavy atom. The Morgan fingerprint density at radius 2 is 1.54 bits per heavy atom. The van der Waals surface area contributed by atoms with E-state index in [0.717, 1.165) is 48.2 Å². The van der Waals surface area contributed by atoms with Crippen LogP contribution in [0.2, 0.25) is 0 Å². The summed E-state index contributed by atoms with van der Waals surface area (Å²) in [5.41, 5.74) is 0.107. The predicted molar refractivity (Wildman–Crippen MR) is 144 cm³/mol. The van der Waals surface area contributed by atoms with E-state index < -0.39 is 5.60 Å². The molecular formula is C30H41BrNO3+. The van der Waals surface area contributed by atoms with E-state index in [0.29, 0.717) is 12.5 Å². The van der Waals surface area contributed by atoms with Crippen molar-refractivity contribution in [3.8, 4) is 5.75 Å². The molecule has 3 aliphatic heterocycles. The fraction of sp³-hybridized carbons (Fsp3) is 0.600. The highest BCUT2D eigenvalue weighted by molar-refractivity contribution is 9.09. The zero-order valence-electron chi connectivity index (χ0n) is 20.9. The van der Waals surface area contributed by atoms with Gasteiger partial charge in [-0.15, -0.1) is 0 Å². The average molecular weight is 544 g/mol. The summed E-state index contributed by atoms with van der Waals surface area (Å²) in [5.74, 6) is 1.79. The van der Waals surface area contributed by atoms with Gasteiger partial charge in [0, 0.05) is 25.2 Å². The second-order valence-corrected chi connectivity index (χ2v) is 12.0. The number of nitrogens with zero attached hydrogens (tertiary/aromatic N) is 1. The largest absolute Gasteiger partial charge is 0.493 e. The summed E-state index contributed by atoms with van der Waals surface area (Å²) in [6.07, 6.45) is 9.46. The number of benzene rings is 2. The van der Waals surface area contributed by atoms with Crippen LogP contribution in [0.4, 0.5) is 0 Å². The summed E-state index contributed by atoms with van der Waals surface area (Å²) >= 11 is 4.11. The molecule has 4 aliphatic rings. The van der Waals surface area contributed by atoms with Crippen LogP contribution in [0.25, 0.3) is 0 Å². The van der Waals surface area contributed by atoms with Crippen molar-refractivity contribution in [1.82, 2.24) is 0 Å². The molecule has 2 aromatic rings. The monoisotopic (exact) mass is 542 g/mol. The van der Waals surface area contributed by atoms with Gasteiger partial charge in [-0.3, -0.25) is 0 Å². The number of quaternary nitrogens is 1. The maximum Gasteiger partial charge on any atom is 0.171 e. The van der Waals surface area contributed by atoms with Gasteiger partial charge in [-0.25, -0.2) is 0 Å². The first-order valence-electron chi connectivity index (χ1n) is 13.7. The Balaban J connectivity index is 1.23. The fourth-order valence-corrected chi connectivity index (χ4v) is 8.03. The molecule has 1 aliphatic carbocycles. The first-order chi connectivity index (χ1) is 17.1. The lowest BCUT2D eigenvalue weighted by Crippen LogP contribution is -2.68. The van der Waals surface area contributed by atoms with Gasteiger partial charge in [-0.2, -0.15) is 0 Å². The molecular weight excluding hydrogens is 502 g/mol. The van der Waals surface area contributed by atoms with Gasteiger partial charge in [0.15, 0.2) is 4.95 Å². The third-order valence-electron chi connectivity index (χ3n) is 8.96. The number of halogens is 1. The molecule has 0 aromatic heterocycles. The molecule has 4 fully saturated rings. The van der Waals surface area contributed by atoms with Crippen LogP contribution in [0.1, 0.15) is 56.9 Å². The van der Waals surface area contributed by atoms with Crippen LogP contribution in [-0.2, 0) is 10.3 Å². The zero-order valence-corrected chi connectivity index (χ0v) is 22.5. The second kappa shape index (κ2) is 11.3. The maximum absolute atomic E-state index is 12.1. The van der Waals surface area contributed by atoms with Gasteiger partial charge in [0.1, 0.15) is 17.5 Å². The number of rotatable bonds is 10. The molecule has 3 saturated heterocycles. The standard InChI is InChI=1S/C30H41BrNO3/c31-29-28(35-23-30(33,25-11-4-1-5-12-25)26-13-6-2-7-14-26)24-17-20-32(29,21-18-24)19-10-22-34-27-15-8-3-9-16-27/h1,3-5,8-9,11-12,15-16,24,26,28-29,33H,2,6-7,10,13-14,17-23H2/q+1/t24?,28-,29-,30?,32?/m1/s1. The third-order valence-corrected chi connectivity index (χ3v) is 10.3. The van der Waals surface area contributed by atoms with Crippen LogP contribution in [0.15, 0.2) is 60.7 Å². The van der Waals surface area contributed by atoms with E-state index in [4.69, 9.17) is 9.47 Å². The van der Waals surface area contributed by atoms with E-state index in [-0.39, 0.29) is 17.0 Å². The molecule has 1 unspecified atom stereocenters. The van der Waals surface area contributed by atoms with Crippen LogP contribution in [0, 0.1) is 11.8 Å². The third kappa shape index (κ3) is 5.49. The predicted octanol–water partition coefficient (Wildman–Crippen LogP) is 6.27. The Morgan fingerprint density at radius 3 is 2.23 bits per heavy atom. The summed E-state index contributed by atoms with van der Waals surface area (Å²) in [5, 5.41) is 12.1. The number of hydrogen-bond acceptors (Lipinski definition) is 3. The van der Waals surface area contributed by atoms with Crippen molar-refractivity contribution in [3.63, 3.8) is 0 Å². The SMILES string of the molecule is OC(CO[C@@H]1C2CC[N+](CCCOc3ccccc3)(CC2)[C@H]1Br)(c1ccccc1)C1CCCCC1. The number of ether oxygens (including phenoxy) is 2. The van der Waals surface area contributed by atoms with Gasteiger partial charge in [0.2, 0.25) is 0 Å². The lowest BCUT2D eigenvalue weighted by molar-refractivity contribution is -0.955. The molecule has 0 spiro atoms. The van der Waals surface area contributed by atoms with Crippen molar-refractivity contribution in [2.45, 2.75) is 68.0 Å². The first-order valence-corrected chi connectivity index (χ1v) is 14.6. The highest BCUT2D eigenvalue weighted by Crippen LogP contribution is 2.45. The number of aliphatic hydroxyl groups is 1.